The van der Waals surface area contributed by atoms with Crippen LogP contribution in [-0.4, -0.2) is 25.8 Å². The third kappa shape index (κ3) is 3.40. The van der Waals surface area contributed by atoms with Crippen molar-refractivity contribution in [3.05, 3.63) is 74.6 Å². The Bertz CT molecular complexity index is 998. The molecular formula is C17H14ClN5O3. The summed E-state index contributed by atoms with van der Waals surface area (Å²) in [6.45, 7) is 3.42. The van der Waals surface area contributed by atoms with Crippen LogP contribution in [0.1, 0.15) is 21.7 Å². The predicted octanol–water partition coefficient (Wildman–Crippen LogP) is 3.70. The summed E-state index contributed by atoms with van der Waals surface area (Å²) in [5.74, 6) is -0.574. The molecule has 0 aliphatic carbocycles. The van der Waals surface area contributed by atoms with Crippen molar-refractivity contribution in [2.24, 2.45) is 0 Å². The Labute approximate surface area is 153 Å². The Balaban J connectivity index is 1.90. The SMILES string of the molecule is Cc1ccc(NC(=O)c2nnn(-c3ccc(Cl)cc3)c2C)c([N+](=O)[O-])c1. The van der Waals surface area contributed by atoms with Gasteiger partial charge in [-0.15, -0.1) is 5.10 Å². The predicted molar refractivity (Wildman–Crippen MR) is 96.9 cm³/mol. The van der Waals surface area contributed by atoms with Crippen LogP contribution < -0.4 is 5.32 Å². The number of halogens is 1. The van der Waals surface area contributed by atoms with Crippen LogP contribution in [0.25, 0.3) is 5.69 Å². The Kier molecular flexibility index (Phi) is 4.68. The van der Waals surface area contributed by atoms with E-state index in [1.165, 1.54) is 16.8 Å². The van der Waals surface area contributed by atoms with Crippen LogP contribution in [0.15, 0.2) is 42.5 Å². The van der Waals surface area contributed by atoms with E-state index in [0.29, 0.717) is 16.4 Å². The first-order valence-corrected chi connectivity index (χ1v) is 7.99. The Morgan fingerprint density at radius 2 is 1.88 bits per heavy atom. The van der Waals surface area contributed by atoms with E-state index in [0.717, 1.165) is 5.56 Å². The Morgan fingerprint density at radius 1 is 1.19 bits per heavy atom. The maximum absolute atomic E-state index is 12.5. The molecule has 1 aromatic heterocycles. The zero-order chi connectivity index (χ0) is 18.8. The van der Waals surface area contributed by atoms with Crippen LogP contribution in [0.2, 0.25) is 5.02 Å². The summed E-state index contributed by atoms with van der Waals surface area (Å²) in [4.78, 5) is 23.2. The van der Waals surface area contributed by atoms with Gasteiger partial charge in [0.05, 0.1) is 16.3 Å². The van der Waals surface area contributed by atoms with Gasteiger partial charge in [0.25, 0.3) is 11.6 Å². The Hall–Kier alpha value is -3.26. The van der Waals surface area contributed by atoms with Crippen LogP contribution in [0.3, 0.4) is 0 Å². The van der Waals surface area contributed by atoms with Crippen molar-refractivity contribution in [1.82, 2.24) is 15.0 Å². The lowest BCUT2D eigenvalue weighted by atomic mass is 10.2. The number of hydrogen-bond donors (Lipinski definition) is 1. The fourth-order valence-electron chi connectivity index (χ4n) is 2.45. The van der Waals surface area contributed by atoms with Crippen molar-refractivity contribution in [2.45, 2.75) is 13.8 Å². The molecule has 0 aliphatic heterocycles. The molecule has 0 saturated carbocycles. The second-order valence-electron chi connectivity index (χ2n) is 5.64. The summed E-state index contributed by atoms with van der Waals surface area (Å²) in [7, 11) is 0. The molecule has 2 aromatic carbocycles. The summed E-state index contributed by atoms with van der Waals surface area (Å²) in [6, 6.07) is 11.5. The number of carbonyl (C=O) groups is 1. The fraction of sp³-hybridized carbons (Fsp3) is 0.118. The maximum atomic E-state index is 12.5. The lowest BCUT2D eigenvalue weighted by Crippen LogP contribution is -2.15. The molecule has 0 fully saturated rings. The first kappa shape index (κ1) is 17.6. The van der Waals surface area contributed by atoms with Crippen molar-refractivity contribution in [3.63, 3.8) is 0 Å². The quantitative estimate of drug-likeness (QED) is 0.556. The van der Waals surface area contributed by atoms with Crippen LogP contribution in [0.5, 0.6) is 0 Å². The molecule has 1 amide bonds. The number of nitro benzene ring substituents is 1. The number of rotatable bonds is 4. The number of benzene rings is 2. The van der Waals surface area contributed by atoms with E-state index in [4.69, 9.17) is 11.6 Å². The number of nitrogens with zero attached hydrogens (tertiary/aromatic N) is 4. The van der Waals surface area contributed by atoms with Crippen molar-refractivity contribution in [1.29, 1.82) is 0 Å². The lowest BCUT2D eigenvalue weighted by Gasteiger charge is -2.06. The molecule has 0 bridgehead atoms. The van der Waals surface area contributed by atoms with E-state index < -0.39 is 10.8 Å². The second kappa shape index (κ2) is 6.93. The van der Waals surface area contributed by atoms with E-state index >= 15 is 0 Å². The zero-order valence-electron chi connectivity index (χ0n) is 13.9. The number of carbonyl (C=O) groups excluding carboxylic acids is 1. The first-order valence-electron chi connectivity index (χ1n) is 7.61. The fourth-order valence-corrected chi connectivity index (χ4v) is 2.57. The minimum absolute atomic E-state index is 0.0785. The topological polar surface area (TPSA) is 103 Å². The van der Waals surface area contributed by atoms with Gasteiger partial charge in [-0.3, -0.25) is 14.9 Å². The number of nitro groups is 1. The summed E-state index contributed by atoms with van der Waals surface area (Å²) in [5, 5.41) is 22.2. The summed E-state index contributed by atoms with van der Waals surface area (Å²) >= 11 is 5.87. The van der Waals surface area contributed by atoms with Gasteiger partial charge >= 0.3 is 0 Å². The molecule has 26 heavy (non-hydrogen) atoms. The molecule has 0 spiro atoms. The molecule has 0 atom stereocenters. The molecule has 1 N–H and O–H groups in total. The molecule has 3 rings (SSSR count). The average molecular weight is 372 g/mol. The van der Waals surface area contributed by atoms with Gasteiger partial charge < -0.3 is 5.32 Å². The monoisotopic (exact) mass is 371 g/mol. The molecular weight excluding hydrogens is 358 g/mol. The van der Waals surface area contributed by atoms with Gasteiger partial charge in [-0.25, -0.2) is 4.68 Å². The third-order valence-electron chi connectivity index (χ3n) is 3.78. The van der Waals surface area contributed by atoms with Crippen LogP contribution in [0.4, 0.5) is 11.4 Å². The maximum Gasteiger partial charge on any atom is 0.293 e. The summed E-state index contributed by atoms with van der Waals surface area (Å²) in [6.07, 6.45) is 0. The lowest BCUT2D eigenvalue weighted by molar-refractivity contribution is -0.384. The number of aryl methyl sites for hydroxylation is 1. The molecule has 0 unspecified atom stereocenters. The van der Waals surface area contributed by atoms with Gasteiger partial charge in [-0.2, -0.15) is 0 Å². The molecule has 132 valence electrons. The van der Waals surface area contributed by atoms with Gasteiger partial charge in [-0.1, -0.05) is 22.9 Å². The largest absolute Gasteiger partial charge is 0.315 e. The molecule has 8 nitrogen and oxygen atoms in total. The minimum atomic E-state index is -0.574. The number of nitrogens with one attached hydrogen (secondary N) is 1. The molecule has 9 heteroatoms. The number of amides is 1. The molecule has 3 aromatic rings. The smallest absolute Gasteiger partial charge is 0.293 e. The van der Waals surface area contributed by atoms with Gasteiger partial charge in [-0.05, 0) is 49.7 Å². The van der Waals surface area contributed by atoms with Crippen LogP contribution >= 0.6 is 11.6 Å². The number of anilines is 1. The van der Waals surface area contributed by atoms with E-state index in [-0.39, 0.29) is 17.1 Å². The highest BCUT2D eigenvalue weighted by atomic mass is 35.5. The van der Waals surface area contributed by atoms with E-state index in [9.17, 15) is 14.9 Å². The normalized spacial score (nSPS) is 10.6. The van der Waals surface area contributed by atoms with Crippen molar-refractivity contribution < 1.29 is 9.72 Å². The molecule has 1 heterocycles. The van der Waals surface area contributed by atoms with Crippen LogP contribution in [0, 0.1) is 24.0 Å². The zero-order valence-corrected chi connectivity index (χ0v) is 14.7. The highest BCUT2D eigenvalue weighted by Crippen LogP contribution is 2.26. The molecule has 0 aliphatic rings. The third-order valence-corrected chi connectivity index (χ3v) is 4.03. The summed E-state index contributed by atoms with van der Waals surface area (Å²) in [5.41, 5.74) is 1.92. The second-order valence-corrected chi connectivity index (χ2v) is 6.08. The van der Waals surface area contributed by atoms with Gasteiger partial charge in [0.1, 0.15) is 5.69 Å². The van der Waals surface area contributed by atoms with Gasteiger partial charge in [0.15, 0.2) is 5.69 Å². The highest BCUT2D eigenvalue weighted by Gasteiger charge is 2.21. The number of aromatic nitrogens is 3. The number of hydrogen-bond acceptors (Lipinski definition) is 5. The van der Waals surface area contributed by atoms with Gasteiger partial charge in [0, 0.05) is 11.1 Å². The van der Waals surface area contributed by atoms with Crippen LogP contribution in [-0.2, 0) is 0 Å². The molecule has 0 radical (unpaired) electrons. The summed E-state index contributed by atoms with van der Waals surface area (Å²) < 4.78 is 1.49. The Morgan fingerprint density at radius 3 is 2.54 bits per heavy atom. The van der Waals surface area contributed by atoms with E-state index in [2.05, 4.69) is 15.6 Å². The molecule has 0 saturated heterocycles. The minimum Gasteiger partial charge on any atom is -0.315 e. The highest BCUT2D eigenvalue weighted by molar-refractivity contribution is 6.30. The van der Waals surface area contributed by atoms with E-state index in [1.807, 2.05) is 0 Å². The van der Waals surface area contributed by atoms with Crippen molar-refractivity contribution in [3.8, 4) is 5.69 Å². The average Bonchev–Trinajstić information content (AvgIpc) is 2.98. The van der Waals surface area contributed by atoms with Gasteiger partial charge in [0.2, 0.25) is 0 Å². The van der Waals surface area contributed by atoms with E-state index in [1.54, 1.807) is 44.2 Å². The van der Waals surface area contributed by atoms with Crippen molar-refractivity contribution in [2.75, 3.05) is 5.32 Å². The standard InChI is InChI=1S/C17H14ClN5O3/c1-10-3-8-14(15(9-10)23(25)26)19-17(24)16-11(2)22(21-20-16)13-6-4-12(18)5-7-13/h3-9H,1-2H3,(H,19,24). The van der Waals surface area contributed by atoms with Crippen molar-refractivity contribution >= 4 is 28.9 Å². The first-order chi connectivity index (χ1) is 12.4.